The van der Waals surface area contributed by atoms with Crippen molar-refractivity contribution in [1.29, 1.82) is 0 Å². The van der Waals surface area contributed by atoms with Crippen molar-refractivity contribution < 1.29 is 9.53 Å². The van der Waals surface area contributed by atoms with Crippen LogP contribution in [0.3, 0.4) is 0 Å². The Balaban J connectivity index is 2.74. The van der Waals surface area contributed by atoms with Crippen LogP contribution in [0.4, 0.5) is 0 Å². The monoisotopic (exact) mass is 380 g/mol. The first-order chi connectivity index (χ1) is 11.5. The lowest BCUT2D eigenvalue weighted by molar-refractivity contribution is -0.145. The second kappa shape index (κ2) is 7.12. The summed E-state index contributed by atoms with van der Waals surface area (Å²) in [6.07, 6.45) is 4.49. The summed E-state index contributed by atoms with van der Waals surface area (Å²) in [5.74, 6) is -0.479. The van der Waals surface area contributed by atoms with Crippen LogP contribution in [0.15, 0.2) is 18.5 Å². The third kappa shape index (κ3) is 3.63. The molecule has 25 heavy (non-hydrogen) atoms. The molecule has 0 N–H and O–H groups in total. The molecule has 1 unspecified atom stereocenters. The van der Waals surface area contributed by atoms with E-state index in [1.54, 1.807) is 6.20 Å². The van der Waals surface area contributed by atoms with E-state index in [1.165, 1.54) is 0 Å². The van der Waals surface area contributed by atoms with Crippen molar-refractivity contribution in [3.63, 3.8) is 0 Å². The van der Waals surface area contributed by atoms with Gasteiger partial charge in [0.25, 0.3) is 0 Å². The maximum Gasteiger partial charge on any atom is 0.313 e. The zero-order chi connectivity index (χ0) is 19.0. The van der Waals surface area contributed by atoms with Crippen molar-refractivity contribution in [2.45, 2.75) is 65.1 Å². The molecule has 138 valence electrons. The number of aromatic nitrogens is 2. The predicted octanol–water partition coefficient (Wildman–Crippen LogP) is 5.60. The molecule has 2 aromatic rings. The summed E-state index contributed by atoms with van der Waals surface area (Å²) in [5.41, 5.74) is 1.88. The quantitative estimate of drug-likeness (QED) is 0.500. The van der Waals surface area contributed by atoms with Crippen molar-refractivity contribution >= 4 is 36.8 Å². The van der Waals surface area contributed by atoms with E-state index in [0.29, 0.717) is 18.1 Å². The third-order valence-corrected chi connectivity index (χ3v) is 10.9. The molecular weight excluding hydrogens is 352 g/mol. The van der Waals surface area contributed by atoms with Crippen molar-refractivity contribution in [1.82, 2.24) is 9.22 Å². The Morgan fingerprint density at radius 2 is 2.00 bits per heavy atom. The Labute approximate surface area is 156 Å². The molecule has 0 bridgehead atoms. The van der Waals surface area contributed by atoms with Crippen LogP contribution < -0.4 is 0 Å². The molecule has 0 fully saturated rings. The highest BCUT2D eigenvalue weighted by Gasteiger charge is 2.40. The largest absolute Gasteiger partial charge is 0.466 e. The molecule has 1 atom stereocenters. The number of hydrogen-bond acceptors (Lipinski definition) is 3. The van der Waals surface area contributed by atoms with E-state index in [1.807, 2.05) is 19.9 Å². The van der Waals surface area contributed by atoms with Gasteiger partial charge in [0, 0.05) is 17.8 Å². The van der Waals surface area contributed by atoms with Crippen LogP contribution in [-0.4, -0.2) is 30.0 Å². The highest BCUT2D eigenvalue weighted by Crippen LogP contribution is 2.41. The van der Waals surface area contributed by atoms with E-state index in [4.69, 9.17) is 16.3 Å². The molecule has 6 heteroatoms. The average Bonchev–Trinajstić information content (AvgIpc) is 2.86. The van der Waals surface area contributed by atoms with Crippen LogP contribution in [0.25, 0.3) is 11.0 Å². The molecule has 2 heterocycles. The molecule has 0 radical (unpaired) electrons. The fraction of sp³-hybridized carbons (Fsp3) is 0.579. The van der Waals surface area contributed by atoms with E-state index in [0.717, 1.165) is 16.6 Å². The highest BCUT2D eigenvalue weighted by atomic mass is 35.5. The lowest BCUT2D eigenvalue weighted by Crippen LogP contribution is -2.45. The maximum atomic E-state index is 12.5. The zero-order valence-corrected chi connectivity index (χ0v) is 18.1. The number of pyridine rings is 1. The van der Waals surface area contributed by atoms with Gasteiger partial charge in [-0.1, -0.05) is 52.4 Å². The van der Waals surface area contributed by atoms with Crippen LogP contribution in [0.2, 0.25) is 23.2 Å². The van der Waals surface area contributed by atoms with Crippen molar-refractivity contribution in [3.05, 3.63) is 29.0 Å². The summed E-state index contributed by atoms with van der Waals surface area (Å²) in [6, 6.07) is 1.92. The number of nitrogens with zero attached hydrogens (tertiary/aromatic N) is 2. The second-order valence-corrected chi connectivity index (χ2v) is 13.5. The Morgan fingerprint density at radius 3 is 2.52 bits per heavy atom. The van der Waals surface area contributed by atoms with E-state index in [-0.39, 0.29) is 16.9 Å². The Hall–Kier alpha value is -1.33. The summed E-state index contributed by atoms with van der Waals surface area (Å²) in [5, 5.41) is 1.68. The molecule has 0 saturated carbocycles. The van der Waals surface area contributed by atoms with E-state index in [2.05, 4.69) is 49.3 Å². The van der Waals surface area contributed by atoms with Gasteiger partial charge >= 0.3 is 5.97 Å². The zero-order valence-electron chi connectivity index (χ0n) is 16.3. The molecule has 0 amide bonds. The molecule has 0 spiro atoms. The van der Waals surface area contributed by atoms with Gasteiger partial charge in [-0.05, 0) is 30.0 Å². The van der Waals surface area contributed by atoms with Crippen LogP contribution in [0, 0.1) is 0 Å². The van der Waals surface area contributed by atoms with Crippen LogP contribution >= 0.6 is 11.6 Å². The molecule has 2 aromatic heterocycles. The molecule has 0 aliphatic heterocycles. The van der Waals surface area contributed by atoms with E-state index >= 15 is 0 Å². The summed E-state index contributed by atoms with van der Waals surface area (Å²) in [6.45, 7) is 15.7. The fourth-order valence-corrected chi connectivity index (χ4v) is 4.98. The number of esters is 1. The van der Waals surface area contributed by atoms with E-state index < -0.39 is 8.24 Å². The molecule has 0 aromatic carbocycles. The minimum absolute atomic E-state index is 0.142. The minimum atomic E-state index is -1.89. The van der Waals surface area contributed by atoms with Gasteiger partial charge in [0.1, 0.15) is 5.65 Å². The van der Waals surface area contributed by atoms with E-state index in [9.17, 15) is 4.79 Å². The van der Waals surface area contributed by atoms with Gasteiger partial charge in [-0.3, -0.25) is 4.79 Å². The maximum absolute atomic E-state index is 12.5. The number of halogens is 1. The lowest BCUT2D eigenvalue weighted by Gasteiger charge is -2.38. The van der Waals surface area contributed by atoms with Crippen molar-refractivity contribution in [2.24, 2.45) is 0 Å². The van der Waals surface area contributed by atoms with Gasteiger partial charge in [0.05, 0.1) is 17.5 Å². The Bertz CT molecular complexity index is 778. The van der Waals surface area contributed by atoms with Gasteiger partial charge < -0.3 is 8.97 Å². The minimum Gasteiger partial charge on any atom is -0.466 e. The first kappa shape index (κ1) is 20.0. The molecular formula is C19H29ClN2O2Si. The van der Waals surface area contributed by atoms with Crippen molar-refractivity contribution in [3.8, 4) is 0 Å². The van der Waals surface area contributed by atoms with Gasteiger partial charge in [-0.25, -0.2) is 4.98 Å². The van der Waals surface area contributed by atoms with Crippen molar-refractivity contribution in [2.75, 3.05) is 6.61 Å². The number of rotatable bonds is 5. The topological polar surface area (TPSA) is 44.1 Å². The number of carbonyl (C=O) groups is 1. The summed E-state index contributed by atoms with van der Waals surface area (Å²) in [7, 11) is -1.89. The summed E-state index contributed by atoms with van der Waals surface area (Å²) < 4.78 is 7.62. The SMILES string of the molecule is CCOC(=O)C(CC)c1cn([Si](C)(C)C(C)(C)C)c2ncc(Cl)cc12. The fourth-order valence-electron chi connectivity index (χ4n) is 2.93. The van der Waals surface area contributed by atoms with Crippen LogP contribution in [0.5, 0.6) is 0 Å². The number of hydrogen-bond donors (Lipinski definition) is 0. The normalized spacial score (nSPS) is 13.9. The number of carbonyl (C=O) groups excluding carboxylic acids is 1. The van der Waals surface area contributed by atoms with Crippen LogP contribution in [-0.2, 0) is 9.53 Å². The average molecular weight is 381 g/mol. The molecule has 0 aliphatic rings. The van der Waals surface area contributed by atoms with Gasteiger partial charge in [0.2, 0.25) is 0 Å². The second-order valence-electron chi connectivity index (χ2n) is 8.00. The standard InChI is InChI=1S/C19H29ClN2O2Si/c1-8-14(18(23)24-9-2)16-12-22(25(6,7)19(3,4)5)17-15(16)10-13(20)11-21-17/h10-12,14H,8-9H2,1-7H3. The number of fused-ring (bicyclic) bond motifs is 1. The smallest absolute Gasteiger partial charge is 0.313 e. The predicted molar refractivity (Wildman–Crippen MR) is 107 cm³/mol. The first-order valence-electron chi connectivity index (χ1n) is 8.88. The lowest BCUT2D eigenvalue weighted by atomic mass is 9.97. The van der Waals surface area contributed by atoms with Gasteiger partial charge in [-0.15, -0.1) is 0 Å². The first-order valence-corrected chi connectivity index (χ1v) is 12.2. The van der Waals surface area contributed by atoms with Crippen LogP contribution in [0.1, 0.15) is 52.5 Å². The summed E-state index contributed by atoms with van der Waals surface area (Å²) in [4.78, 5) is 17.1. The van der Waals surface area contributed by atoms with Gasteiger partial charge in [-0.2, -0.15) is 0 Å². The summed E-state index contributed by atoms with van der Waals surface area (Å²) >= 11 is 6.22. The third-order valence-electron chi connectivity index (χ3n) is 5.43. The Kier molecular flexibility index (Phi) is 5.69. The molecule has 0 saturated heterocycles. The molecule has 4 nitrogen and oxygen atoms in total. The van der Waals surface area contributed by atoms with Gasteiger partial charge in [0.15, 0.2) is 8.24 Å². The Morgan fingerprint density at radius 1 is 1.36 bits per heavy atom. The molecule has 0 aliphatic carbocycles. The highest BCUT2D eigenvalue weighted by molar-refractivity contribution is 6.79. The molecule has 2 rings (SSSR count). The number of ether oxygens (including phenoxy) is 1.